The topological polar surface area (TPSA) is 106 Å². The Bertz CT molecular complexity index is 345. The summed E-state index contributed by atoms with van der Waals surface area (Å²) >= 11 is 0. The molecule has 0 bridgehead atoms. The summed E-state index contributed by atoms with van der Waals surface area (Å²) in [5, 5.41) is -0.898. The molecule has 0 saturated heterocycles. The number of hydrogen-bond donors (Lipinski definition) is 2. The van der Waals surface area contributed by atoms with E-state index in [2.05, 4.69) is 4.72 Å². The van der Waals surface area contributed by atoms with Crippen molar-refractivity contribution in [3.05, 3.63) is 0 Å². The molecule has 0 radical (unpaired) electrons. The summed E-state index contributed by atoms with van der Waals surface area (Å²) in [6.07, 6.45) is 0.860. The lowest BCUT2D eigenvalue weighted by Gasteiger charge is -2.10. The van der Waals surface area contributed by atoms with Crippen molar-refractivity contribution in [1.29, 1.82) is 0 Å². The molecule has 0 amide bonds. The molecule has 1 atom stereocenters. The van der Waals surface area contributed by atoms with E-state index < -0.39 is 31.0 Å². The fourth-order valence-corrected chi connectivity index (χ4v) is 3.91. The molecule has 6 nitrogen and oxygen atoms in total. The van der Waals surface area contributed by atoms with Gasteiger partial charge in [-0.15, -0.1) is 0 Å². The zero-order valence-electron chi connectivity index (χ0n) is 7.52. The first-order chi connectivity index (χ1) is 5.66. The standard InChI is InChI=1S/C5H14N2O4S2/c1-5(3-6)7-13(10,11)4-12(2,8)9/h5,7H,3-4,6H2,1-2H3/t5-/m1/s1. The highest BCUT2D eigenvalue weighted by molar-refractivity contribution is 8.06. The van der Waals surface area contributed by atoms with Crippen molar-refractivity contribution in [3.63, 3.8) is 0 Å². The third kappa shape index (κ3) is 6.94. The van der Waals surface area contributed by atoms with Crippen LogP contribution < -0.4 is 10.5 Å². The van der Waals surface area contributed by atoms with Crippen LogP contribution in [0, 0.1) is 0 Å². The lowest BCUT2D eigenvalue weighted by atomic mass is 10.4. The van der Waals surface area contributed by atoms with Crippen LogP contribution in [0.2, 0.25) is 0 Å². The summed E-state index contributed by atoms with van der Waals surface area (Å²) in [5.74, 6) is 0. The van der Waals surface area contributed by atoms with Gasteiger partial charge in [-0.3, -0.25) is 0 Å². The Morgan fingerprint density at radius 3 is 2.08 bits per heavy atom. The highest BCUT2D eigenvalue weighted by Gasteiger charge is 2.19. The maximum Gasteiger partial charge on any atom is 0.226 e. The van der Waals surface area contributed by atoms with Gasteiger partial charge in [-0.2, -0.15) is 0 Å². The Kier molecular flexibility index (Phi) is 4.30. The molecule has 3 N–H and O–H groups in total. The lowest BCUT2D eigenvalue weighted by molar-refractivity contribution is 0.564. The van der Waals surface area contributed by atoms with Crippen LogP contribution in [0.3, 0.4) is 0 Å². The Balaban J connectivity index is 4.45. The summed E-state index contributed by atoms with van der Waals surface area (Å²) < 4.78 is 45.6. The van der Waals surface area contributed by atoms with E-state index in [1.165, 1.54) is 0 Å². The average molecular weight is 230 g/mol. The van der Waals surface area contributed by atoms with Gasteiger partial charge in [0.1, 0.15) is 0 Å². The van der Waals surface area contributed by atoms with Gasteiger partial charge in [-0.05, 0) is 6.92 Å². The zero-order valence-corrected chi connectivity index (χ0v) is 9.15. The highest BCUT2D eigenvalue weighted by atomic mass is 32.3. The molecule has 0 spiro atoms. The van der Waals surface area contributed by atoms with E-state index in [-0.39, 0.29) is 6.54 Å². The molecule has 0 unspecified atom stereocenters. The van der Waals surface area contributed by atoms with Gasteiger partial charge in [0.25, 0.3) is 0 Å². The van der Waals surface area contributed by atoms with Crippen LogP contribution in [-0.2, 0) is 19.9 Å². The molecular formula is C5H14N2O4S2. The summed E-state index contributed by atoms with van der Waals surface area (Å²) in [4.78, 5) is 0. The monoisotopic (exact) mass is 230 g/mol. The molecule has 0 aliphatic carbocycles. The highest BCUT2D eigenvalue weighted by Crippen LogP contribution is 1.93. The van der Waals surface area contributed by atoms with Crippen molar-refractivity contribution < 1.29 is 16.8 Å². The SMILES string of the molecule is C[C@H](CN)NS(=O)(=O)CS(C)(=O)=O. The van der Waals surface area contributed by atoms with E-state index in [0.717, 1.165) is 6.26 Å². The Morgan fingerprint density at radius 2 is 1.77 bits per heavy atom. The second-order valence-electron chi connectivity index (χ2n) is 2.91. The number of nitrogens with two attached hydrogens (primary N) is 1. The van der Waals surface area contributed by atoms with E-state index in [1.807, 2.05) is 0 Å². The summed E-state index contributed by atoms with van der Waals surface area (Å²) in [5.41, 5.74) is 5.17. The molecule has 0 aromatic rings. The quantitative estimate of drug-likeness (QED) is 0.583. The first kappa shape index (κ1) is 12.8. The van der Waals surface area contributed by atoms with E-state index >= 15 is 0 Å². The van der Waals surface area contributed by atoms with Crippen molar-refractivity contribution in [2.45, 2.75) is 13.0 Å². The van der Waals surface area contributed by atoms with Gasteiger partial charge in [0.2, 0.25) is 10.0 Å². The minimum atomic E-state index is -3.77. The first-order valence-corrected chi connectivity index (χ1v) is 7.25. The summed E-state index contributed by atoms with van der Waals surface area (Å²) in [6.45, 7) is 1.68. The number of rotatable bonds is 5. The van der Waals surface area contributed by atoms with Gasteiger partial charge >= 0.3 is 0 Å². The van der Waals surface area contributed by atoms with Crippen molar-refractivity contribution in [2.24, 2.45) is 5.73 Å². The molecule has 0 heterocycles. The largest absolute Gasteiger partial charge is 0.329 e. The molecule has 8 heteroatoms. The molecule has 0 aromatic heterocycles. The van der Waals surface area contributed by atoms with Gasteiger partial charge in [0.15, 0.2) is 14.9 Å². The molecule has 0 fully saturated rings. The minimum absolute atomic E-state index is 0.128. The van der Waals surface area contributed by atoms with Gasteiger partial charge < -0.3 is 5.73 Å². The zero-order chi connectivity index (χ0) is 10.7. The van der Waals surface area contributed by atoms with Crippen LogP contribution in [0.5, 0.6) is 0 Å². The van der Waals surface area contributed by atoms with E-state index in [4.69, 9.17) is 5.73 Å². The fraction of sp³-hybridized carbons (Fsp3) is 1.00. The maximum atomic E-state index is 11.1. The number of hydrogen-bond acceptors (Lipinski definition) is 5. The van der Waals surface area contributed by atoms with Gasteiger partial charge in [-0.1, -0.05) is 0 Å². The third-order valence-corrected chi connectivity index (χ3v) is 4.82. The van der Waals surface area contributed by atoms with Crippen LogP contribution in [0.25, 0.3) is 0 Å². The van der Waals surface area contributed by atoms with Crippen LogP contribution >= 0.6 is 0 Å². The second kappa shape index (κ2) is 4.36. The van der Waals surface area contributed by atoms with Gasteiger partial charge in [0, 0.05) is 18.8 Å². The molecule has 0 rings (SSSR count). The lowest BCUT2D eigenvalue weighted by Crippen LogP contribution is -2.40. The summed E-state index contributed by atoms with van der Waals surface area (Å²) in [6, 6.07) is -0.452. The molecule has 13 heavy (non-hydrogen) atoms. The number of nitrogens with one attached hydrogen (secondary N) is 1. The van der Waals surface area contributed by atoms with Crippen LogP contribution in [0.1, 0.15) is 6.92 Å². The Labute approximate surface area is 78.5 Å². The second-order valence-corrected chi connectivity index (χ2v) is 7.17. The molecule has 0 aliphatic rings. The van der Waals surface area contributed by atoms with Crippen molar-refractivity contribution in [2.75, 3.05) is 17.9 Å². The van der Waals surface area contributed by atoms with E-state index in [0.29, 0.717) is 0 Å². The normalized spacial score (nSPS) is 15.6. The minimum Gasteiger partial charge on any atom is -0.329 e. The third-order valence-electron chi connectivity index (χ3n) is 1.10. The first-order valence-electron chi connectivity index (χ1n) is 3.54. The van der Waals surface area contributed by atoms with Crippen molar-refractivity contribution >= 4 is 19.9 Å². The molecule has 0 aromatic carbocycles. The summed E-state index contributed by atoms with van der Waals surface area (Å²) in [7, 11) is -7.30. The van der Waals surface area contributed by atoms with Crippen molar-refractivity contribution in [1.82, 2.24) is 4.72 Å². The van der Waals surface area contributed by atoms with Crippen molar-refractivity contribution in [3.8, 4) is 0 Å². The number of sulfone groups is 1. The molecule has 0 saturated carbocycles. The van der Waals surface area contributed by atoms with E-state index in [1.54, 1.807) is 6.92 Å². The smallest absolute Gasteiger partial charge is 0.226 e. The Hall–Kier alpha value is -0.180. The van der Waals surface area contributed by atoms with Gasteiger partial charge in [-0.25, -0.2) is 21.6 Å². The van der Waals surface area contributed by atoms with Gasteiger partial charge in [0.05, 0.1) is 0 Å². The molecular weight excluding hydrogens is 216 g/mol. The predicted molar refractivity (Wildman–Crippen MR) is 50.3 cm³/mol. The Morgan fingerprint density at radius 1 is 1.31 bits per heavy atom. The van der Waals surface area contributed by atoms with Crippen LogP contribution in [0.15, 0.2) is 0 Å². The average Bonchev–Trinajstić information content (AvgIpc) is 1.80. The predicted octanol–water partition coefficient (Wildman–Crippen LogP) is -1.74. The van der Waals surface area contributed by atoms with E-state index in [9.17, 15) is 16.8 Å². The maximum absolute atomic E-state index is 11.1. The fourth-order valence-electron chi connectivity index (χ4n) is 0.670. The molecule has 0 aliphatic heterocycles. The molecule has 80 valence electrons. The number of sulfonamides is 1. The van der Waals surface area contributed by atoms with Crippen LogP contribution in [-0.4, -0.2) is 40.8 Å². The van der Waals surface area contributed by atoms with Crippen LogP contribution in [0.4, 0.5) is 0 Å².